The molecule has 0 unspecified atom stereocenters. The molecule has 10 heteroatoms. The van der Waals surface area contributed by atoms with E-state index >= 15 is 0 Å². The molecule has 3 N–H and O–H groups in total. The fourth-order valence-corrected chi connectivity index (χ4v) is 2.89. The lowest BCUT2D eigenvalue weighted by molar-refractivity contribution is 0.586. The van der Waals surface area contributed by atoms with Gasteiger partial charge in [0.25, 0.3) is 0 Å². The molecule has 22 heavy (non-hydrogen) atoms. The van der Waals surface area contributed by atoms with Gasteiger partial charge in [0.15, 0.2) is 5.96 Å². The maximum atomic E-state index is 10.9. The van der Waals surface area contributed by atoms with Gasteiger partial charge in [0.1, 0.15) is 0 Å². The van der Waals surface area contributed by atoms with Crippen LogP contribution in [0.15, 0.2) is 11.2 Å². The van der Waals surface area contributed by atoms with Crippen LogP contribution >= 0.6 is 35.3 Å². The van der Waals surface area contributed by atoms with Crippen LogP contribution in [-0.4, -0.2) is 52.3 Å². The van der Waals surface area contributed by atoms with E-state index in [1.54, 1.807) is 18.4 Å². The van der Waals surface area contributed by atoms with Crippen molar-refractivity contribution in [3.05, 3.63) is 16.1 Å². The predicted octanol–water partition coefficient (Wildman–Crippen LogP) is 0.580. The van der Waals surface area contributed by atoms with Crippen molar-refractivity contribution in [1.82, 2.24) is 20.3 Å². The van der Waals surface area contributed by atoms with Crippen LogP contribution in [0.4, 0.5) is 0 Å². The summed E-state index contributed by atoms with van der Waals surface area (Å²) in [7, 11) is -1.46. The largest absolute Gasteiger partial charge is 0.356 e. The molecule has 0 aromatic carbocycles. The summed E-state index contributed by atoms with van der Waals surface area (Å²) < 4.78 is 24.2. The summed E-state index contributed by atoms with van der Waals surface area (Å²) >= 11 is 1.73. The van der Waals surface area contributed by atoms with Gasteiger partial charge >= 0.3 is 0 Å². The van der Waals surface area contributed by atoms with E-state index < -0.39 is 10.0 Å². The van der Waals surface area contributed by atoms with Gasteiger partial charge in [-0.3, -0.25) is 4.99 Å². The average molecular weight is 461 g/mol. The summed E-state index contributed by atoms with van der Waals surface area (Å²) in [5.74, 6) is 0.651. The fraction of sp³-hybridized carbons (Fsp3) is 0.667. The van der Waals surface area contributed by atoms with E-state index in [0.29, 0.717) is 19.0 Å². The van der Waals surface area contributed by atoms with Crippen LogP contribution in [0.1, 0.15) is 16.8 Å². The van der Waals surface area contributed by atoms with E-state index in [-0.39, 0.29) is 24.0 Å². The molecule has 1 aromatic heterocycles. The molecule has 0 fully saturated rings. The second-order valence-corrected chi connectivity index (χ2v) is 7.45. The molecule has 1 heterocycles. The Morgan fingerprint density at radius 2 is 2.00 bits per heavy atom. The maximum absolute atomic E-state index is 10.9. The highest BCUT2D eigenvalue weighted by Crippen LogP contribution is 2.13. The minimum atomic E-state index is -3.14. The van der Waals surface area contributed by atoms with Gasteiger partial charge in [-0.05, 0) is 6.42 Å². The Bertz CT molecular complexity index is 560. The van der Waals surface area contributed by atoms with Crippen LogP contribution in [0.2, 0.25) is 0 Å². The maximum Gasteiger partial charge on any atom is 0.208 e. The molecule has 0 saturated carbocycles. The van der Waals surface area contributed by atoms with E-state index in [1.165, 1.54) is 4.88 Å². The number of aromatic nitrogens is 1. The lowest BCUT2D eigenvalue weighted by Gasteiger charge is -2.11. The van der Waals surface area contributed by atoms with E-state index in [4.69, 9.17) is 0 Å². The molecule has 0 bridgehead atoms. The van der Waals surface area contributed by atoms with Crippen LogP contribution in [0.3, 0.4) is 0 Å². The minimum absolute atomic E-state index is 0. The van der Waals surface area contributed by atoms with Crippen molar-refractivity contribution in [3.63, 3.8) is 0 Å². The van der Waals surface area contributed by atoms with Gasteiger partial charge in [0.05, 0.1) is 11.3 Å². The summed E-state index contributed by atoms with van der Waals surface area (Å²) in [5, 5.41) is 7.32. The number of hydrogen-bond donors (Lipinski definition) is 3. The standard InChI is InChI=1S/C12H23N5O2S2.HI/c1-4-10-9-16-11(20-10)5-6-14-12(13-2)15-7-8-17-21(3,18)19;/h9,17H,4-8H2,1-3H3,(H2,13,14,15);1H. The third kappa shape index (κ3) is 9.54. The first-order valence-corrected chi connectivity index (χ1v) is 9.48. The second-order valence-electron chi connectivity index (χ2n) is 4.42. The number of nitrogens with zero attached hydrogens (tertiary/aromatic N) is 2. The summed E-state index contributed by atoms with van der Waals surface area (Å²) in [6, 6.07) is 0. The first-order chi connectivity index (χ1) is 9.94. The van der Waals surface area contributed by atoms with Gasteiger partial charge in [-0.25, -0.2) is 18.1 Å². The number of thiazole rings is 1. The highest BCUT2D eigenvalue weighted by Gasteiger charge is 2.03. The fourth-order valence-electron chi connectivity index (χ4n) is 1.55. The SMILES string of the molecule is CCc1cnc(CCNC(=NC)NCCNS(C)(=O)=O)s1.I. The third-order valence-electron chi connectivity index (χ3n) is 2.59. The number of nitrogens with one attached hydrogen (secondary N) is 3. The van der Waals surface area contributed by atoms with Crippen molar-refractivity contribution in [1.29, 1.82) is 0 Å². The zero-order chi connectivity index (χ0) is 15.7. The smallest absolute Gasteiger partial charge is 0.208 e. The van der Waals surface area contributed by atoms with Crippen LogP contribution in [-0.2, 0) is 22.9 Å². The zero-order valence-corrected chi connectivity index (χ0v) is 17.0. The minimum Gasteiger partial charge on any atom is -0.356 e. The van der Waals surface area contributed by atoms with E-state index in [1.807, 2.05) is 6.20 Å². The van der Waals surface area contributed by atoms with Crippen molar-refractivity contribution in [2.45, 2.75) is 19.8 Å². The van der Waals surface area contributed by atoms with Crippen molar-refractivity contribution in [2.24, 2.45) is 4.99 Å². The number of aryl methyl sites for hydroxylation is 1. The topological polar surface area (TPSA) is 95.5 Å². The first kappa shape index (κ1) is 21.5. The third-order valence-corrected chi connectivity index (χ3v) is 4.52. The molecule has 0 saturated heterocycles. The highest BCUT2D eigenvalue weighted by atomic mass is 127. The summed E-state index contributed by atoms with van der Waals surface area (Å²) in [6.07, 6.45) is 4.91. The quantitative estimate of drug-likeness (QED) is 0.228. The van der Waals surface area contributed by atoms with Crippen LogP contribution < -0.4 is 15.4 Å². The predicted molar refractivity (Wildman–Crippen MR) is 103 cm³/mol. The highest BCUT2D eigenvalue weighted by molar-refractivity contribution is 14.0. The van der Waals surface area contributed by atoms with E-state index in [0.717, 1.165) is 30.6 Å². The lowest BCUT2D eigenvalue weighted by Crippen LogP contribution is -2.42. The molecule has 0 spiro atoms. The molecular weight excluding hydrogens is 437 g/mol. The molecule has 0 radical (unpaired) electrons. The van der Waals surface area contributed by atoms with E-state index in [2.05, 4.69) is 32.3 Å². The van der Waals surface area contributed by atoms with E-state index in [9.17, 15) is 8.42 Å². The lowest BCUT2D eigenvalue weighted by atomic mass is 10.4. The Labute approximate surface area is 153 Å². The molecule has 1 rings (SSSR count). The molecule has 7 nitrogen and oxygen atoms in total. The number of hydrogen-bond acceptors (Lipinski definition) is 5. The summed E-state index contributed by atoms with van der Waals surface area (Å²) in [4.78, 5) is 9.72. The number of guanidine groups is 1. The Kier molecular flexibility index (Phi) is 10.9. The average Bonchev–Trinajstić information content (AvgIpc) is 2.88. The molecule has 0 aliphatic rings. The van der Waals surface area contributed by atoms with Gasteiger partial charge in [-0.2, -0.15) is 0 Å². The second kappa shape index (κ2) is 11.1. The molecule has 128 valence electrons. The van der Waals surface area contributed by atoms with Gasteiger partial charge in [0, 0.05) is 44.2 Å². The normalized spacial score (nSPS) is 11.9. The molecule has 0 aliphatic heterocycles. The Morgan fingerprint density at radius 1 is 1.32 bits per heavy atom. The number of rotatable bonds is 8. The molecule has 1 aromatic rings. The number of halogens is 1. The molecule has 0 amide bonds. The summed E-state index contributed by atoms with van der Waals surface area (Å²) in [6.45, 7) is 3.65. The van der Waals surface area contributed by atoms with Gasteiger partial charge < -0.3 is 10.6 Å². The molecule has 0 aliphatic carbocycles. The monoisotopic (exact) mass is 461 g/mol. The van der Waals surface area contributed by atoms with Gasteiger partial charge in [-0.1, -0.05) is 6.92 Å². The molecule has 0 atom stereocenters. The van der Waals surface area contributed by atoms with Crippen LogP contribution in [0, 0.1) is 0 Å². The molecular formula is C12H24IN5O2S2. The van der Waals surface area contributed by atoms with Crippen molar-refractivity contribution in [3.8, 4) is 0 Å². The van der Waals surface area contributed by atoms with Crippen molar-refractivity contribution in [2.75, 3.05) is 32.9 Å². The van der Waals surface area contributed by atoms with Crippen LogP contribution in [0.5, 0.6) is 0 Å². The number of aliphatic imine (C=N–C) groups is 1. The zero-order valence-electron chi connectivity index (χ0n) is 13.0. The Hall–Kier alpha value is -0.460. The van der Waals surface area contributed by atoms with Crippen molar-refractivity contribution < 1.29 is 8.42 Å². The van der Waals surface area contributed by atoms with Crippen LogP contribution in [0.25, 0.3) is 0 Å². The van der Waals surface area contributed by atoms with Gasteiger partial charge in [0.2, 0.25) is 10.0 Å². The summed E-state index contributed by atoms with van der Waals surface area (Å²) in [5.41, 5.74) is 0. The van der Waals surface area contributed by atoms with Crippen molar-refractivity contribution >= 4 is 51.3 Å². The van der Waals surface area contributed by atoms with Gasteiger partial charge in [-0.15, -0.1) is 35.3 Å². The Morgan fingerprint density at radius 3 is 2.55 bits per heavy atom. The first-order valence-electron chi connectivity index (χ1n) is 6.77. The Balaban J connectivity index is 0.00000441. The number of sulfonamides is 1.